The van der Waals surface area contributed by atoms with Gasteiger partial charge < -0.3 is 10.1 Å². The molecule has 0 aromatic heterocycles. The second-order valence-corrected chi connectivity index (χ2v) is 7.04. The van der Waals surface area contributed by atoms with Crippen LogP contribution < -0.4 is 10.1 Å². The van der Waals surface area contributed by atoms with E-state index < -0.39 is 0 Å². The number of rotatable bonds is 4. The molecule has 3 heteroatoms. The van der Waals surface area contributed by atoms with Crippen LogP contribution in [0.3, 0.4) is 0 Å². The van der Waals surface area contributed by atoms with Crippen molar-refractivity contribution >= 4 is 15.9 Å². The Bertz CT molecular complexity index is 431. The highest BCUT2D eigenvalue weighted by molar-refractivity contribution is 9.10. The fourth-order valence-corrected chi connectivity index (χ4v) is 3.40. The summed E-state index contributed by atoms with van der Waals surface area (Å²) in [5.74, 6) is 0.962. The fraction of sp³-hybridized carbons (Fsp3) is 0.625. The summed E-state index contributed by atoms with van der Waals surface area (Å²) in [5.41, 5.74) is 1.62. The van der Waals surface area contributed by atoms with E-state index in [1.165, 1.54) is 31.2 Å². The van der Waals surface area contributed by atoms with Crippen molar-refractivity contribution in [3.8, 4) is 5.75 Å². The lowest BCUT2D eigenvalue weighted by atomic mass is 9.73. The van der Waals surface area contributed by atoms with Crippen molar-refractivity contribution in [3.63, 3.8) is 0 Å². The molecule has 1 fully saturated rings. The first-order valence-electron chi connectivity index (χ1n) is 7.09. The van der Waals surface area contributed by atoms with Gasteiger partial charge in [-0.1, -0.05) is 42.6 Å². The normalized spacial score (nSPS) is 22.2. The van der Waals surface area contributed by atoms with Crippen LogP contribution in [0, 0.1) is 5.41 Å². The average Bonchev–Trinajstić information content (AvgIpc) is 2.37. The summed E-state index contributed by atoms with van der Waals surface area (Å²) in [6.07, 6.45) is 5.31. The van der Waals surface area contributed by atoms with Gasteiger partial charge in [-0.05, 0) is 36.5 Å². The summed E-state index contributed by atoms with van der Waals surface area (Å²) >= 11 is 3.53. The van der Waals surface area contributed by atoms with E-state index in [1.807, 2.05) is 12.1 Å². The number of hydrogen-bond donors (Lipinski definition) is 1. The lowest BCUT2D eigenvalue weighted by Crippen LogP contribution is -2.43. The molecule has 106 valence electrons. The lowest BCUT2D eigenvalue weighted by molar-refractivity contribution is 0.166. The van der Waals surface area contributed by atoms with Crippen molar-refractivity contribution in [2.45, 2.75) is 52.1 Å². The van der Waals surface area contributed by atoms with Crippen molar-refractivity contribution in [1.29, 1.82) is 0 Å². The summed E-state index contributed by atoms with van der Waals surface area (Å²) in [6, 6.07) is 6.78. The van der Waals surface area contributed by atoms with E-state index in [2.05, 4.69) is 41.2 Å². The topological polar surface area (TPSA) is 21.3 Å². The van der Waals surface area contributed by atoms with Crippen LogP contribution in [-0.2, 0) is 6.54 Å². The molecule has 0 spiro atoms. The van der Waals surface area contributed by atoms with Crippen LogP contribution in [-0.4, -0.2) is 13.2 Å². The van der Waals surface area contributed by atoms with Gasteiger partial charge in [0.05, 0.1) is 7.11 Å². The van der Waals surface area contributed by atoms with Gasteiger partial charge in [0, 0.05) is 22.6 Å². The highest BCUT2D eigenvalue weighted by Crippen LogP contribution is 2.35. The molecule has 0 amide bonds. The zero-order valence-electron chi connectivity index (χ0n) is 12.1. The molecule has 1 saturated carbocycles. The molecule has 1 N–H and O–H groups in total. The Kier molecular flexibility index (Phi) is 4.91. The Morgan fingerprint density at radius 2 is 2.16 bits per heavy atom. The summed E-state index contributed by atoms with van der Waals surface area (Å²) in [4.78, 5) is 0. The lowest BCUT2D eigenvalue weighted by Gasteiger charge is -2.39. The van der Waals surface area contributed by atoms with Crippen molar-refractivity contribution in [2.24, 2.45) is 5.41 Å². The third kappa shape index (κ3) is 3.73. The summed E-state index contributed by atoms with van der Waals surface area (Å²) < 4.78 is 6.54. The number of nitrogens with one attached hydrogen (secondary N) is 1. The van der Waals surface area contributed by atoms with Gasteiger partial charge in [-0.15, -0.1) is 0 Å². The minimum atomic E-state index is 0.400. The average molecular weight is 326 g/mol. The molecule has 1 aromatic rings. The number of hydrogen-bond acceptors (Lipinski definition) is 2. The Balaban J connectivity index is 2.03. The van der Waals surface area contributed by atoms with E-state index in [1.54, 1.807) is 7.11 Å². The maximum Gasteiger partial charge on any atom is 0.123 e. The first kappa shape index (κ1) is 14.9. The van der Waals surface area contributed by atoms with Gasteiger partial charge in [0.15, 0.2) is 0 Å². The van der Waals surface area contributed by atoms with E-state index in [0.717, 1.165) is 16.8 Å². The predicted molar refractivity (Wildman–Crippen MR) is 83.6 cm³/mol. The number of benzene rings is 1. The molecule has 0 aliphatic heterocycles. The van der Waals surface area contributed by atoms with Crippen LogP contribution in [0.5, 0.6) is 5.75 Å². The SMILES string of the molecule is COc1ccc(Br)cc1CNC1CCCCC1(C)C. The monoisotopic (exact) mass is 325 g/mol. The third-order valence-corrected chi connectivity index (χ3v) is 4.78. The van der Waals surface area contributed by atoms with E-state index in [9.17, 15) is 0 Å². The number of halogens is 1. The molecule has 1 aliphatic carbocycles. The molecule has 0 saturated heterocycles. The Morgan fingerprint density at radius 3 is 2.84 bits per heavy atom. The molecule has 1 aromatic carbocycles. The molecule has 19 heavy (non-hydrogen) atoms. The molecule has 1 aliphatic rings. The van der Waals surface area contributed by atoms with Crippen molar-refractivity contribution < 1.29 is 4.74 Å². The maximum atomic E-state index is 5.43. The van der Waals surface area contributed by atoms with Gasteiger partial charge in [0.2, 0.25) is 0 Å². The second-order valence-electron chi connectivity index (χ2n) is 6.12. The van der Waals surface area contributed by atoms with Crippen molar-refractivity contribution in [3.05, 3.63) is 28.2 Å². The molecule has 0 bridgehead atoms. The van der Waals surface area contributed by atoms with Crippen molar-refractivity contribution in [2.75, 3.05) is 7.11 Å². The van der Waals surface area contributed by atoms with Gasteiger partial charge in [0.1, 0.15) is 5.75 Å². The quantitative estimate of drug-likeness (QED) is 0.878. The van der Waals surface area contributed by atoms with Gasteiger partial charge in [-0.3, -0.25) is 0 Å². The molecule has 1 unspecified atom stereocenters. The molecule has 1 atom stereocenters. The highest BCUT2D eigenvalue weighted by Gasteiger charge is 2.31. The minimum absolute atomic E-state index is 0.400. The third-order valence-electron chi connectivity index (χ3n) is 4.29. The van der Waals surface area contributed by atoms with Gasteiger partial charge in [-0.2, -0.15) is 0 Å². The van der Waals surface area contributed by atoms with E-state index >= 15 is 0 Å². The summed E-state index contributed by atoms with van der Waals surface area (Å²) in [5, 5.41) is 3.73. The first-order chi connectivity index (χ1) is 9.03. The molecule has 2 nitrogen and oxygen atoms in total. The zero-order chi connectivity index (χ0) is 13.9. The van der Waals surface area contributed by atoms with E-state index in [4.69, 9.17) is 4.74 Å². The summed E-state index contributed by atoms with van der Waals surface area (Å²) in [7, 11) is 1.73. The largest absolute Gasteiger partial charge is 0.496 e. The molecule has 2 rings (SSSR count). The standard InChI is InChI=1S/C16H24BrNO/c1-16(2)9-5-4-6-15(16)18-11-12-10-13(17)7-8-14(12)19-3/h7-8,10,15,18H,4-6,9,11H2,1-3H3. The van der Waals surface area contributed by atoms with Crippen LogP contribution >= 0.6 is 15.9 Å². The van der Waals surface area contributed by atoms with Gasteiger partial charge >= 0.3 is 0 Å². The second kappa shape index (κ2) is 6.27. The van der Waals surface area contributed by atoms with Gasteiger partial charge in [-0.25, -0.2) is 0 Å². The Hall–Kier alpha value is -0.540. The van der Waals surface area contributed by atoms with E-state index in [0.29, 0.717) is 11.5 Å². The molecule has 0 radical (unpaired) electrons. The predicted octanol–water partition coefficient (Wildman–Crippen LogP) is 4.52. The molecule has 0 heterocycles. The number of methoxy groups -OCH3 is 1. The highest BCUT2D eigenvalue weighted by atomic mass is 79.9. The minimum Gasteiger partial charge on any atom is -0.496 e. The van der Waals surface area contributed by atoms with Gasteiger partial charge in [0.25, 0.3) is 0 Å². The van der Waals surface area contributed by atoms with E-state index in [-0.39, 0.29) is 0 Å². The van der Waals surface area contributed by atoms with Crippen LogP contribution in [0.1, 0.15) is 45.1 Å². The Morgan fingerprint density at radius 1 is 1.37 bits per heavy atom. The number of ether oxygens (including phenoxy) is 1. The van der Waals surface area contributed by atoms with Crippen LogP contribution in [0.2, 0.25) is 0 Å². The summed E-state index contributed by atoms with van der Waals surface area (Å²) in [6.45, 7) is 5.63. The van der Waals surface area contributed by atoms with Crippen LogP contribution in [0.15, 0.2) is 22.7 Å². The molecular formula is C16H24BrNO. The zero-order valence-corrected chi connectivity index (χ0v) is 13.7. The fourth-order valence-electron chi connectivity index (χ4n) is 2.99. The first-order valence-corrected chi connectivity index (χ1v) is 7.88. The van der Waals surface area contributed by atoms with Crippen molar-refractivity contribution in [1.82, 2.24) is 5.32 Å². The Labute approximate surface area is 125 Å². The van der Waals surface area contributed by atoms with Crippen LogP contribution in [0.4, 0.5) is 0 Å². The smallest absolute Gasteiger partial charge is 0.123 e. The van der Waals surface area contributed by atoms with Crippen LogP contribution in [0.25, 0.3) is 0 Å². The maximum absolute atomic E-state index is 5.43. The molecular weight excluding hydrogens is 302 g/mol.